The predicted octanol–water partition coefficient (Wildman–Crippen LogP) is 3.52. The minimum atomic E-state index is -0.117. The Hall–Kier alpha value is -2.40. The van der Waals surface area contributed by atoms with E-state index in [0.29, 0.717) is 18.0 Å². The van der Waals surface area contributed by atoms with Crippen molar-refractivity contribution in [1.82, 2.24) is 10.3 Å². The van der Waals surface area contributed by atoms with Gasteiger partial charge in [0.1, 0.15) is 6.10 Å². The first kappa shape index (κ1) is 17.4. The van der Waals surface area contributed by atoms with Gasteiger partial charge in [0.2, 0.25) is 5.88 Å². The van der Waals surface area contributed by atoms with Gasteiger partial charge in [-0.3, -0.25) is 4.79 Å². The summed E-state index contributed by atoms with van der Waals surface area (Å²) in [6, 6.07) is 13.4. The van der Waals surface area contributed by atoms with Crippen LogP contribution in [0.25, 0.3) is 0 Å². The maximum absolute atomic E-state index is 12.1. The summed E-state index contributed by atoms with van der Waals surface area (Å²) in [6.07, 6.45) is 4.80. The van der Waals surface area contributed by atoms with E-state index in [1.807, 2.05) is 37.3 Å². The second-order valence-electron chi connectivity index (χ2n) is 6.24. The van der Waals surface area contributed by atoms with Gasteiger partial charge in [0.05, 0.1) is 11.7 Å². The molecule has 2 heterocycles. The average molecular weight is 340 g/mol. The molecule has 3 rings (SSSR count). The maximum Gasteiger partial charge on any atom is 0.252 e. The summed E-state index contributed by atoms with van der Waals surface area (Å²) >= 11 is 0. The number of hydrogen-bond donors (Lipinski definition) is 1. The lowest BCUT2D eigenvalue weighted by molar-refractivity contribution is 0.0907. The number of amides is 1. The molecule has 0 saturated carbocycles. The maximum atomic E-state index is 12.1. The predicted molar refractivity (Wildman–Crippen MR) is 95.6 cm³/mol. The zero-order valence-corrected chi connectivity index (χ0v) is 14.5. The van der Waals surface area contributed by atoms with Gasteiger partial charge in [-0.15, -0.1) is 0 Å². The van der Waals surface area contributed by atoms with Crippen LogP contribution in [0.3, 0.4) is 0 Å². The van der Waals surface area contributed by atoms with Gasteiger partial charge in [0, 0.05) is 25.4 Å². The highest BCUT2D eigenvalue weighted by molar-refractivity contribution is 5.93. The SMILES string of the molecule is C[C@H](Oc1ccc(C(=O)NCC[C@@H]2CCCO2)cn1)c1ccccc1. The van der Waals surface area contributed by atoms with Gasteiger partial charge in [-0.25, -0.2) is 4.98 Å². The van der Waals surface area contributed by atoms with Crippen LogP contribution in [0.4, 0.5) is 0 Å². The molecule has 0 radical (unpaired) electrons. The van der Waals surface area contributed by atoms with Gasteiger partial charge in [0.15, 0.2) is 0 Å². The monoisotopic (exact) mass is 340 g/mol. The molecule has 1 N–H and O–H groups in total. The number of carbonyl (C=O) groups excluding carboxylic acids is 1. The molecule has 0 unspecified atom stereocenters. The van der Waals surface area contributed by atoms with E-state index in [-0.39, 0.29) is 18.1 Å². The van der Waals surface area contributed by atoms with Crippen LogP contribution < -0.4 is 10.1 Å². The first-order valence-electron chi connectivity index (χ1n) is 8.80. The fourth-order valence-electron chi connectivity index (χ4n) is 2.88. The van der Waals surface area contributed by atoms with Gasteiger partial charge in [-0.05, 0) is 37.8 Å². The number of aromatic nitrogens is 1. The zero-order valence-electron chi connectivity index (χ0n) is 14.5. The largest absolute Gasteiger partial charge is 0.470 e. The fourth-order valence-corrected chi connectivity index (χ4v) is 2.88. The third kappa shape index (κ3) is 5.03. The van der Waals surface area contributed by atoms with Crippen molar-refractivity contribution in [3.8, 4) is 5.88 Å². The molecule has 0 aliphatic carbocycles. The normalized spacial score (nSPS) is 17.9. The molecule has 2 aromatic rings. The molecule has 5 heteroatoms. The summed E-state index contributed by atoms with van der Waals surface area (Å²) < 4.78 is 11.4. The third-order valence-corrected chi connectivity index (χ3v) is 4.34. The summed E-state index contributed by atoms with van der Waals surface area (Å²) in [5.41, 5.74) is 1.62. The highest BCUT2D eigenvalue weighted by Gasteiger charge is 2.15. The Balaban J connectivity index is 1.48. The lowest BCUT2D eigenvalue weighted by Crippen LogP contribution is -2.27. The van der Waals surface area contributed by atoms with Crippen LogP contribution in [0, 0.1) is 0 Å². The van der Waals surface area contributed by atoms with Crippen LogP contribution in [0.15, 0.2) is 48.7 Å². The Bertz CT molecular complexity index is 667. The molecule has 1 fully saturated rings. The van der Waals surface area contributed by atoms with E-state index in [9.17, 15) is 4.79 Å². The Kier molecular flexibility index (Phi) is 6.01. The van der Waals surface area contributed by atoms with Crippen LogP contribution in [0.5, 0.6) is 5.88 Å². The van der Waals surface area contributed by atoms with Gasteiger partial charge >= 0.3 is 0 Å². The topological polar surface area (TPSA) is 60.5 Å². The van der Waals surface area contributed by atoms with Crippen molar-refractivity contribution in [2.24, 2.45) is 0 Å². The van der Waals surface area contributed by atoms with E-state index in [1.165, 1.54) is 0 Å². The van der Waals surface area contributed by atoms with Crippen LogP contribution in [-0.2, 0) is 4.74 Å². The van der Waals surface area contributed by atoms with Crippen molar-refractivity contribution in [3.05, 3.63) is 59.8 Å². The van der Waals surface area contributed by atoms with Crippen LogP contribution in [0.1, 0.15) is 48.2 Å². The van der Waals surface area contributed by atoms with Crippen molar-refractivity contribution in [1.29, 1.82) is 0 Å². The van der Waals surface area contributed by atoms with Crippen LogP contribution in [-0.4, -0.2) is 30.1 Å². The number of ether oxygens (including phenoxy) is 2. The van der Waals surface area contributed by atoms with Crippen molar-refractivity contribution >= 4 is 5.91 Å². The summed E-state index contributed by atoms with van der Waals surface area (Å²) in [5.74, 6) is 0.389. The number of pyridine rings is 1. The molecular formula is C20H24N2O3. The Labute approximate surface area is 148 Å². The summed E-state index contributed by atoms with van der Waals surface area (Å²) in [4.78, 5) is 16.4. The number of rotatable bonds is 7. The van der Waals surface area contributed by atoms with E-state index >= 15 is 0 Å². The Morgan fingerprint density at radius 1 is 1.32 bits per heavy atom. The minimum Gasteiger partial charge on any atom is -0.470 e. The van der Waals surface area contributed by atoms with Gasteiger partial charge in [-0.2, -0.15) is 0 Å². The molecular weight excluding hydrogens is 316 g/mol. The second-order valence-corrected chi connectivity index (χ2v) is 6.24. The van der Waals surface area contributed by atoms with Crippen LogP contribution >= 0.6 is 0 Å². The first-order valence-corrected chi connectivity index (χ1v) is 8.80. The first-order chi connectivity index (χ1) is 12.2. The summed E-state index contributed by atoms with van der Waals surface area (Å²) in [7, 11) is 0. The number of carbonyl (C=O) groups is 1. The standard InChI is InChI=1S/C20H24N2O3/c1-15(16-6-3-2-4-7-16)25-19-10-9-17(14-22-19)20(23)21-12-11-18-8-5-13-24-18/h2-4,6-7,9-10,14-15,18H,5,8,11-13H2,1H3,(H,21,23)/t15-,18-/m0/s1. The fraction of sp³-hybridized carbons (Fsp3) is 0.400. The van der Waals surface area contributed by atoms with Gasteiger partial charge < -0.3 is 14.8 Å². The highest BCUT2D eigenvalue weighted by Crippen LogP contribution is 2.19. The minimum absolute atomic E-state index is 0.0974. The van der Waals surface area contributed by atoms with Crippen molar-refractivity contribution in [2.75, 3.05) is 13.2 Å². The summed E-state index contributed by atoms with van der Waals surface area (Å²) in [6.45, 7) is 3.43. The van der Waals surface area contributed by atoms with E-state index in [0.717, 1.165) is 31.4 Å². The molecule has 0 spiro atoms. The second kappa shape index (κ2) is 8.62. The Morgan fingerprint density at radius 2 is 2.16 bits per heavy atom. The van der Waals surface area contributed by atoms with Gasteiger partial charge in [-0.1, -0.05) is 30.3 Å². The quantitative estimate of drug-likeness (QED) is 0.838. The highest BCUT2D eigenvalue weighted by atomic mass is 16.5. The number of nitrogens with one attached hydrogen (secondary N) is 1. The third-order valence-electron chi connectivity index (χ3n) is 4.34. The molecule has 1 amide bonds. The molecule has 1 aliphatic heterocycles. The van der Waals surface area contributed by atoms with E-state index in [4.69, 9.17) is 9.47 Å². The smallest absolute Gasteiger partial charge is 0.252 e. The molecule has 2 atom stereocenters. The Morgan fingerprint density at radius 3 is 2.84 bits per heavy atom. The molecule has 1 aliphatic rings. The molecule has 1 aromatic carbocycles. The average Bonchev–Trinajstić information content (AvgIpc) is 3.16. The van der Waals surface area contributed by atoms with Crippen LogP contribution in [0.2, 0.25) is 0 Å². The molecule has 1 aromatic heterocycles. The molecule has 25 heavy (non-hydrogen) atoms. The molecule has 0 bridgehead atoms. The lowest BCUT2D eigenvalue weighted by Gasteiger charge is -2.14. The van der Waals surface area contributed by atoms with E-state index in [1.54, 1.807) is 18.3 Å². The van der Waals surface area contributed by atoms with Gasteiger partial charge in [0.25, 0.3) is 5.91 Å². The number of hydrogen-bond acceptors (Lipinski definition) is 4. The van der Waals surface area contributed by atoms with Crippen molar-refractivity contribution in [3.63, 3.8) is 0 Å². The van der Waals surface area contributed by atoms with E-state index in [2.05, 4.69) is 10.3 Å². The van der Waals surface area contributed by atoms with E-state index < -0.39 is 0 Å². The zero-order chi connectivity index (χ0) is 17.5. The molecule has 132 valence electrons. The summed E-state index contributed by atoms with van der Waals surface area (Å²) in [5, 5.41) is 2.91. The molecule has 5 nitrogen and oxygen atoms in total. The van der Waals surface area contributed by atoms with Crippen molar-refractivity contribution in [2.45, 2.75) is 38.4 Å². The molecule has 1 saturated heterocycles. The number of benzene rings is 1. The van der Waals surface area contributed by atoms with Crippen molar-refractivity contribution < 1.29 is 14.3 Å². The number of nitrogens with zero attached hydrogens (tertiary/aromatic N) is 1. The lowest BCUT2D eigenvalue weighted by atomic mass is 10.1.